The summed E-state index contributed by atoms with van der Waals surface area (Å²) in [7, 11) is 2.75. The number of carbonyl (C=O) groups is 3. The molecule has 40 heavy (non-hydrogen) atoms. The monoisotopic (exact) mass is 572 g/mol. The molecule has 11 heteroatoms. The molecule has 1 amide bonds. The fourth-order valence-electron chi connectivity index (χ4n) is 4.55. The van der Waals surface area contributed by atoms with Gasteiger partial charge in [-0.05, 0) is 61.8 Å². The average Bonchev–Trinajstić information content (AvgIpc) is 3.27. The van der Waals surface area contributed by atoms with Gasteiger partial charge < -0.3 is 36.0 Å². The van der Waals surface area contributed by atoms with Gasteiger partial charge in [0.15, 0.2) is 0 Å². The van der Waals surface area contributed by atoms with E-state index < -0.39 is 5.91 Å². The topological polar surface area (TPSA) is 171 Å². The molecule has 5 N–H and O–H groups in total. The number of amides is 1. The van der Waals surface area contributed by atoms with Crippen LogP contribution in [0.5, 0.6) is 0 Å². The Morgan fingerprint density at radius 1 is 1.18 bits per heavy atom. The minimum absolute atomic E-state index is 0. The maximum absolute atomic E-state index is 12.1. The molecule has 0 aliphatic heterocycles. The standard InChI is InChI=1S/C25H36N4O2.2CH4O.CH3O.CH2O.Na/c1-5-21-17(2)23(16-25(3,4)13-14-30)29(28-21)19-11-12-20(24(26)31)22(15-19)27-18-9-7-6-8-10-18;4*1-2;/h11-12,14-15,18,27H,5-10,13,16H2,1-4H3,(H2,26,31);2*2H,1H3;1H3;1H2;/q;;;-1;;+1. The zero-order chi connectivity index (χ0) is 30.6. The number of benzene rings is 1. The van der Waals surface area contributed by atoms with Gasteiger partial charge in [-0.25, -0.2) is 4.68 Å². The molecule has 1 aliphatic carbocycles. The van der Waals surface area contributed by atoms with Crippen LogP contribution in [0.3, 0.4) is 0 Å². The van der Waals surface area contributed by atoms with E-state index in [1.165, 1.54) is 24.8 Å². The van der Waals surface area contributed by atoms with Crippen LogP contribution in [0.4, 0.5) is 5.69 Å². The first-order chi connectivity index (χ1) is 18.8. The summed E-state index contributed by atoms with van der Waals surface area (Å²) in [5.41, 5.74) is 11.0. The Morgan fingerprint density at radius 2 is 1.73 bits per heavy atom. The fourth-order valence-corrected chi connectivity index (χ4v) is 4.55. The molecule has 1 aromatic carbocycles. The molecule has 1 heterocycles. The number of hydrogen-bond donors (Lipinski definition) is 4. The average molecular weight is 573 g/mol. The van der Waals surface area contributed by atoms with Gasteiger partial charge in [0.05, 0.1) is 16.9 Å². The quantitative estimate of drug-likeness (QED) is 0.236. The number of primary amides is 1. The fraction of sp³-hybridized carbons (Fsp3) is 0.586. The van der Waals surface area contributed by atoms with Gasteiger partial charge in [-0.3, -0.25) is 4.79 Å². The third kappa shape index (κ3) is 13.1. The number of nitrogens with two attached hydrogens (primary N) is 1. The summed E-state index contributed by atoms with van der Waals surface area (Å²) in [5.74, 6) is -0.428. The molecule has 2 aromatic rings. The molecule has 1 saturated carbocycles. The van der Waals surface area contributed by atoms with Crippen molar-refractivity contribution in [3.05, 3.63) is 40.7 Å². The normalized spacial score (nSPS) is 12.2. The predicted octanol–water partition coefficient (Wildman–Crippen LogP) is -0.243. The molecular formula is C29H49N4NaO6. The van der Waals surface area contributed by atoms with Crippen LogP contribution in [0.25, 0.3) is 5.69 Å². The van der Waals surface area contributed by atoms with E-state index in [2.05, 4.69) is 33.0 Å². The second-order valence-electron chi connectivity index (χ2n) is 9.57. The number of aryl methyl sites for hydroxylation is 1. The van der Waals surface area contributed by atoms with Gasteiger partial charge in [0, 0.05) is 38.1 Å². The molecule has 1 aliphatic rings. The van der Waals surface area contributed by atoms with E-state index in [4.69, 9.17) is 30.9 Å². The van der Waals surface area contributed by atoms with Gasteiger partial charge in [0.2, 0.25) is 0 Å². The Kier molecular flexibility index (Phi) is 25.0. The maximum Gasteiger partial charge on any atom is 1.00 e. The molecule has 3 rings (SSSR count). The first-order valence-corrected chi connectivity index (χ1v) is 13.1. The van der Waals surface area contributed by atoms with E-state index in [1.807, 2.05) is 23.6 Å². The van der Waals surface area contributed by atoms with Crippen LogP contribution in [0, 0.1) is 12.3 Å². The molecule has 0 radical (unpaired) electrons. The number of nitrogens with zero attached hydrogens (tertiary/aromatic N) is 2. The molecule has 1 fully saturated rings. The van der Waals surface area contributed by atoms with Crippen LogP contribution in [-0.4, -0.2) is 66.3 Å². The van der Waals surface area contributed by atoms with Gasteiger partial charge in [-0.2, -0.15) is 12.2 Å². The number of aliphatic hydroxyl groups is 2. The number of aromatic nitrogens is 2. The van der Waals surface area contributed by atoms with Crippen molar-refractivity contribution in [2.45, 2.75) is 85.1 Å². The van der Waals surface area contributed by atoms with Crippen molar-refractivity contribution in [2.24, 2.45) is 11.1 Å². The number of nitrogens with one attached hydrogen (secondary N) is 1. The largest absolute Gasteiger partial charge is 1.00 e. The zero-order valence-electron chi connectivity index (χ0n) is 25.7. The summed E-state index contributed by atoms with van der Waals surface area (Å²) in [5, 5.41) is 30.7. The first kappa shape index (κ1) is 42.4. The number of hydrogen-bond acceptors (Lipinski definition) is 8. The van der Waals surface area contributed by atoms with Gasteiger partial charge >= 0.3 is 29.6 Å². The van der Waals surface area contributed by atoms with E-state index in [9.17, 15) is 9.59 Å². The Bertz CT molecular complexity index is 976. The predicted molar refractivity (Wildman–Crippen MR) is 154 cm³/mol. The van der Waals surface area contributed by atoms with Crippen molar-refractivity contribution in [2.75, 3.05) is 26.6 Å². The molecule has 1 aromatic heterocycles. The molecule has 0 unspecified atom stereocenters. The van der Waals surface area contributed by atoms with E-state index in [0.717, 1.165) is 76.1 Å². The number of rotatable bonds is 9. The van der Waals surface area contributed by atoms with Crippen molar-refractivity contribution in [1.82, 2.24) is 9.78 Å². The van der Waals surface area contributed by atoms with E-state index in [1.54, 1.807) is 6.07 Å². The molecule has 0 spiro atoms. The molecular weight excluding hydrogens is 523 g/mol. The number of anilines is 1. The van der Waals surface area contributed by atoms with Gasteiger partial charge in [-0.15, -0.1) is 0 Å². The number of carbonyl (C=O) groups excluding carboxylic acids is 3. The third-order valence-electron chi connectivity index (χ3n) is 6.44. The van der Waals surface area contributed by atoms with E-state index in [0.29, 0.717) is 18.0 Å². The summed E-state index contributed by atoms with van der Waals surface area (Å²) >= 11 is 0. The van der Waals surface area contributed by atoms with Crippen LogP contribution in [0.2, 0.25) is 0 Å². The Labute approximate surface area is 262 Å². The van der Waals surface area contributed by atoms with Crippen molar-refractivity contribution in [1.29, 1.82) is 0 Å². The number of aldehydes is 1. The maximum atomic E-state index is 12.1. The zero-order valence-corrected chi connectivity index (χ0v) is 27.7. The second kappa shape index (κ2) is 23.6. The van der Waals surface area contributed by atoms with Crippen LogP contribution in [0.15, 0.2) is 18.2 Å². The summed E-state index contributed by atoms with van der Waals surface area (Å²) in [4.78, 5) is 31.2. The summed E-state index contributed by atoms with van der Waals surface area (Å²) in [6.45, 7) is 10.4. The van der Waals surface area contributed by atoms with Crippen LogP contribution in [0.1, 0.15) is 86.6 Å². The summed E-state index contributed by atoms with van der Waals surface area (Å²) in [6, 6.07) is 6.07. The van der Waals surface area contributed by atoms with Crippen LogP contribution in [-0.2, 0) is 22.4 Å². The minimum atomic E-state index is -0.428. The number of aliphatic hydroxyl groups excluding tert-OH is 2. The van der Waals surface area contributed by atoms with Crippen molar-refractivity contribution in [3.63, 3.8) is 0 Å². The molecule has 0 bridgehead atoms. The van der Waals surface area contributed by atoms with Crippen LogP contribution >= 0.6 is 0 Å². The Hall–Kier alpha value is -2.08. The Morgan fingerprint density at radius 3 is 2.20 bits per heavy atom. The van der Waals surface area contributed by atoms with Gasteiger partial charge in [0.1, 0.15) is 13.1 Å². The van der Waals surface area contributed by atoms with Crippen molar-refractivity contribution < 1.29 is 59.3 Å². The third-order valence-corrected chi connectivity index (χ3v) is 6.44. The van der Waals surface area contributed by atoms with Crippen molar-refractivity contribution >= 4 is 24.7 Å². The summed E-state index contributed by atoms with van der Waals surface area (Å²) < 4.78 is 1.98. The second-order valence-corrected chi connectivity index (χ2v) is 9.57. The molecule has 222 valence electrons. The van der Waals surface area contributed by atoms with Crippen LogP contribution < -0.4 is 45.7 Å². The molecule has 10 nitrogen and oxygen atoms in total. The molecule has 0 atom stereocenters. The van der Waals surface area contributed by atoms with Gasteiger partial charge in [0.25, 0.3) is 5.91 Å². The van der Waals surface area contributed by atoms with Gasteiger partial charge in [-0.1, -0.05) is 40.0 Å². The SMILES string of the molecule is C=O.CCc1nn(-c2ccc(C(N)=O)c(NC3CCCCC3)c2)c(CC(C)(C)CC=O)c1C.CO.CO.C[O-].[Na+]. The van der Waals surface area contributed by atoms with E-state index >= 15 is 0 Å². The van der Waals surface area contributed by atoms with Crippen molar-refractivity contribution in [3.8, 4) is 5.69 Å². The summed E-state index contributed by atoms with van der Waals surface area (Å²) in [6.07, 6.45) is 8.96. The van der Waals surface area contributed by atoms with E-state index in [-0.39, 0.29) is 35.0 Å². The molecule has 0 saturated heterocycles. The first-order valence-electron chi connectivity index (χ1n) is 13.1. The Balaban J connectivity index is -0.00000140. The smallest absolute Gasteiger partial charge is 0.857 e. The minimum Gasteiger partial charge on any atom is -0.857 e.